The van der Waals surface area contributed by atoms with E-state index in [0.29, 0.717) is 0 Å². The average Bonchev–Trinajstić information content (AvgIpc) is 1.84. The van der Waals surface area contributed by atoms with Crippen molar-refractivity contribution in [3.8, 4) is 22.3 Å². The van der Waals surface area contributed by atoms with Crippen LogP contribution < -0.4 is 0 Å². The lowest BCUT2D eigenvalue weighted by atomic mass is 11.4. The Hall–Kier alpha value is 0.0338. The van der Waals surface area contributed by atoms with E-state index in [1.54, 1.807) is 0 Å². The van der Waals surface area contributed by atoms with Crippen LogP contribution in [0, 0.1) is 22.3 Å². The summed E-state index contributed by atoms with van der Waals surface area (Å²) in [6, 6.07) is 0. The van der Waals surface area contributed by atoms with E-state index in [9.17, 15) is 0 Å². The second kappa shape index (κ2) is 6.48. The summed E-state index contributed by atoms with van der Waals surface area (Å²) in [5.74, 6) is 0. The summed E-state index contributed by atoms with van der Waals surface area (Å²) in [7, 11) is -2.17. The molecule has 0 aliphatic rings. The van der Waals surface area contributed by atoms with E-state index in [0.717, 1.165) is 0 Å². The van der Waals surface area contributed by atoms with Crippen molar-refractivity contribution >= 4 is 32.1 Å². The van der Waals surface area contributed by atoms with Crippen LogP contribution in [-0.2, 0) is 0 Å². The number of rotatable bonds is 0. The highest BCUT2D eigenvalue weighted by atomic mass is 79.9. The lowest BCUT2D eigenvalue weighted by molar-refractivity contribution is 1.82. The standard InChI is InChI=1S/C5H9BrSi.C5H10Si/c1-7(2,3)5-4-6;1-5-6(2,3)4/h1-3H3;1H,2-4H3. The van der Waals surface area contributed by atoms with E-state index in [4.69, 9.17) is 6.42 Å². The SMILES string of the molecule is C#C[Si](C)(C)C.C[Si](C)(C)C#CBr. The predicted molar refractivity (Wildman–Crippen MR) is 72.2 cm³/mol. The van der Waals surface area contributed by atoms with Gasteiger partial charge in [-0.3, -0.25) is 0 Å². The van der Waals surface area contributed by atoms with E-state index in [2.05, 4.69) is 71.1 Å². The number of halogens is 1. The van der Waals surface area contributed by atoms with Crippen LogP contribution in [0.4, 0.5) is 0 Å². The molecule has 0 unspecified atom stereocenters. The van der Waals surface area contributed by atoms with Gasteiger partial charge in [-0.25, -0.2) is 0 Å². The van der Waals surface area contributed by atoms with Crippen LogP contribution in [0.3, 0.4) is 0 Å². The fourth-order valence-corrected chi connectivity index (χ4v) is 2.21. The van der Waals surface area contributed by atoms with Crippen molar-refractivity contribution in [1.82, 2.24) is 0 Å². The Bertz CT molecular complexity index is 227. The van der Waals surface area contributed by atoms with E-state index in [1.165, 1.54) is 0 Å². The number of hydrogen-bond acceptors (Lipinski definition) is 0. The van der Waals surface area contributed by atoms with Crippen molar-refractivity contribution in [2.45, 2.75) is 39.3 Å². The van der Waals surface area contributed by atoms with Gasteiger partial charge in [-0.2, -0.15) is 0 Å². The van der Waals surface area contributed by atoms with Crippen molar-refractivity contribution in [1.29, 1.82) is 0 Å². The van der Waals surface area contributed by atoms with Gasteiger partial charge >= 0.3 is 0 Å². The maximum atomic E-state index is 5.12. The highest BCUT2D eigenvalue weighted by molar-refractivity contribution is 9.12. The Balaban J connectivity index is 0. The first kappa shape index (κ1) is 15.5. The molecule has 74 valence electrons. The molecule has 0 aromatic carbocycles. The maximum absolute atomic E-state index is 5.12. The molecule has 0 aliphatic heterocycles. The lowest BCUT2D eigenvalue weighted by Gasteiger charge is -2.01. The molecule has 0 nitrogen and oxygen atoms in total. The summed E-state index contributed by atoms with van der Waals surface area (Å²) >= 11 is 3.06. The molecule has 0 saturated carbocycles. The quantitative estimate of drug-likeness (QED) is 0.467. The molecule has 3 heteroatoms. The van der Waals surface area contributed by atoms with Crippen molar-refractivity contribution in [3.63, 3.8) is 0 Å². The summed E-state index contributed by atoms with van der Waals surface area (Å²) in [5, 5.41) is 0. The number of hydrogen-bond donors (Lipinski definition) is 0. The molecule has 0 spiro atoms. The first-order valence-electron chi connectivity index (χ1n) is 4.23. The number of terminal acetylenes is 1. The fourth-order valence-electron chi connectivity index (χ4n) is 0.142. The normalized spacial score (nSPS) is 10.0. The van der Waals surface area contributed by atoms with Crippen LogP contribution in [0.25, 0.3) is 0 Å². The largest absolute Gasteiger partial charge is 0.135 e. The van der Waals surface area contributed by atoms with E-state index in [1.807, 2.05) is 0 Å². The Morgan fingerprint density at radius 1 is 0.923 bits per heavy atom. The smallest absolute Gasteiger partial charge is 0.130 e. The summed E-state index contributed by atoms with van der Waals surface area (Å²) in [6.07, 6.45) is 5.12. The minimum Gasteiger partial charge on any atom is -0.135 e. The van der Waals surface area contributed by atoms with E-state index >= 15 is 0 Å². The molecule has 0 amide bonds. The molecule has 0 rings (SSSR count). The van der Waals surface area contributed by atoms with Crippen LogP contribution >= 0.6 is 15.9 Å². The molecule has 13 heavy (non-hydrogen) atoms. The minimum atomic E-state index is -1.10. The molecule has 0 heterocycles. The van der Waals surface area contributed by atoms with Gasteiger partial charge in [-0.05, 0) is 4.83 Å². The first-order valence-corrected chi connectivity index (χ1v) is 12.0. The van der Waals surface area contributed by atoms with Gasteiger partial charge in [0, 0.05) is 15.9 Å². The zero-order valence-corrected chi connectivity index (χ0v) is 13.0. The maximum Gasteiger partial charge on any atom is 0.130 e. The molecule has 0 aliphatic carbocycles. The van der Waals surface area contributed by atoms with Gasteiger partial charge in [0.2, 0.25) is 0 Å². The highest BCUT2D eigenvalue weighted by Gasteiger charge is 2.06. The van der Waals surface area contributed by atoms with Gasteiger partial charge in [0.1, 0.15) is 16.1 Å². The Morgan fingerprint density at radius 3 is 1.23 bits per heavy atom. The molecule has 0 radical (unpaired) electrons. The third kappa shape index (κ3) is 24.5. The topological polar surface area (TPSA) is 0 Å². The highest BCUT2D eigenvalue weighted by Crippen LogP contribution is 1.96. The van der Waals surface area contributed by atoms with Crippen LogP contribution in [0.1, 0.15) is 0 Å². The minimum absolute atomic E-state index is 1.07. The molecule has 0 aromatic rings. The molecule has 0 aromatic heterocycles. The Kier molecular flexibility index (Phi) is 7.73. The molecule has 0 bridgehead atoms. The average molecular weight is 275 g/mol. The third-order valence-electron chi connectivity index (χ3n) is 0.855. The van der Waals surface area contributed by atoms with E-state index in [-0.39, 0.29) is 0 Å². The van der Waals surface area contributed by atoms with E-state index < -0.39 is 16.1 Å². The van der Waals surface area contributed by atoms with Gasteiger partial charge < -0.3 is 0 Å². The van der Waals surface area contributed by atoms with Crippen molar-refractivity contribution in [2.75, 3.05) is 0 Å². The van der Waals surface area contributed by atoms with Gasteiger partial charge in [-0.15, -0.1) is 17.5 Å². The molecular weight excluding hydrogens is 256 g/mol. The predicted octanol–water partition coefficient (Wildman–Crippen LogP) is 3.72. The van der Waals surface area contributed by atoms with Crippen molar-refractivity contribution in [3.05, 3.63) is 0 Å². The molecule has 0 saturated heterocycles. The first-order chi connectivity index (χ1) is 5.62. The zero-order valence-electron chi connectivity index (χ0n) is 9.46. The molecule has 0 N–H and O–H groups in total. The summed E-state index contributed by atoms with van der Waals surface area (Å²) in [6.45, 7) is 13.1. The Labute approximate surface area is 93.7 Å². The third-order valence-corrected chi connectivity index (χ3v) is 3.16. The lowest BCUT2D eigenvalue weighted by Crippen LogP contribution is -2.15. The van der Waals surface area contributed by atoms with Gasteiger partial charge in [0.15, 0.2) is 0 Å². The van der Waals surface area contributed by atoms with Gasteiger partial charge in [0.25, 0.3) is 0 Å². The van der Waals surface area contributed by atoms with Gasteiger partial charge in [-0.1, -0.05) is 39.3 Å². The zero-order chi connectivity index (χ0) is 11.1. The summed E-state index contributed by atoms with van der Waals surface area (Å²) in [4.78, 5) is 2.73. The summed E-state index contributed by atoms with van der Waals surface area (Å²) < 4.78 is 0. The van der Waals surface area contributed by atoms with Crippen LogP contribution in [0.2, 0.25) is 39.3 Å². The van der Waals surface area contributed by atoms with Crippen LogP contribution in [0.5, 0.6) is 0 Å². The van der Waals surface area contributed by atoms with Crippen molar-refractivity contribution < 1.29 is 0 Å². The van der Waals surface area contributed by atoms with Gasteiger partial charge in [0.05, 0.1) is 0 Å². The van der Waals surface area contributed by atoms with Crippen molar-refractivity contribution in [2.24, 2.45) is 0 Å². The second-order valence-corrected chi connectivity index (χ2v) is 14.8. The Morgan fingerprint density at radius 2 is 1.23 bits per heavy atom. The van der Waals surface area contributed by atoms with Crippen LogP contribution in [0.15, 0.2) is 0 Å². The molecular formula is C10H19BrSi2. The molecule has 0 fully saturated rings. The summed E-state index contributed by atoms with van der Waals surface area (Å²) in [5.41, 5.74) is 5.83. The second-order valence-electron chi connectivity index (χ2n) is 4.86. The monoisotopic (exact) mass is 274 g/mol. The molecule has 0 atom stereocenters. The van der Waals surface area contributed by atoms with Crippen LogP contribution in [-0.4, -0.2) is 16.1 Å². The fraction of sp³-hybridized carbons (Fsp3) is 0.600.